The van der Waals surface area contributed by atoms with Gasteiger partial charge in [-0.25, -0.2) is 0 Å². The third kappa shape index (κ3) is 3.26. The number of hydrogen-bond acceptors (Lipinski definition) is 4. The van der Waals surface area contributed by atoms with Crippen molar-refractivity contribution >= 4 is 17.7 Å². The van der Waals surface area contributed by atoms with Crippen molar-refractivity contribution < 1.29 is 4.79 Å². The monoisotopic (exact) mass is 361 g/mol. The van der Waals surface area contributed by atoms with Crippen molar-refractivity contribution in [3.63, 3.8) is 0 Å². The summed E-state index contributed by atoms with van der Waals surface area (Å²) in [5.41, 5.74) is 2.99. The molecule has 2 heterocycles. The summed E-state index contributed by atoms with van der Waals surface area (Å²) < 4.78 is 0. The van der Waals surface area contributed by atoms with Crippen LogP contribution in [0.15, 0.2) is 71.3 Å². The summed E-state index contributed by atoms with van der Waals surface area (Å²) in [4.78, 5) is 16.8. The number of nitrogens with zero attached hydrogens (tertiary/aromatic N) is 3. The van der Waals surface area contributed by atoms with Crippen molar-refractivity contribution in [1.82, 2.24) is 9.80 Å². The van der Waals surface area contributed by atoms with E-state index in [0.717, 1.165) is 28.6 Å². The van der Waals surface area contributed by atoms with E-state index < -0.39 is 0 Å². The molecule has 0 N–H and O–H groups in total. The van der Waals surface area contributed by atoms with Crippen LogP contribution in [-0.2, 0) is 11.3 Å². The Balaban J connectivity index is 1.59. The van der Waals surface area contributed by atoms with Crippen LogP contribution in [0.5, 0.6) is 0 Å². The lowest BCUT2D eigenvalue weighted by atomic mass is 9.86. The summed E-state index contributed by atoms with van der Waals surface area (Å²) >= 11 is 1.60. The minimum Gasteiger partial charge on any atom is -0.292 e. The Hall–Kier alpha value is -2.55. The number of rotatable bonds is 3. The zero-order valence-electron chi connectivity index (χ0n) is 14.3. The number of allylic oxidation sites excluding steroid dienone is 1. The quantitative estimate of drug-likeness (QED) is 0.832. The van der Waals surface area contributed by atoms with Gasteiger partial charge in [-0.05, 0) is 11.1 Å². The minimum absolute atomic E-state index is 0.0955. The summed E-state index contributed by atoms with van der Waals surface area (Å²) in [6.45, 7) is 1.34. The van der Waals surface area contributed by atoms with Gasteiger partial charge in [0.1, 0.15) is 0 Å². The summed E-state index contributed by atoms with van der Waals surface area (Å²) in [6.07, 6.45) is 0.357. The number of carbonyl (C=O) groups is 1. The highest BCUT2D eigenvalue weighted by molar-refractivity contribution is 8.03. The number of thioether (sulfide) groups is 1. The van der Waals surface area contributed by atoms with Crippen LogP contribution in [0.3, 0.4) is 0 Å². The SMILES string of the molecule is N#CC1=C2SCN(Cc3ccccc3)CN2C(=O)C[C@@H]1c1ccccc1. The molecule has 4 nitrogen and oxygen atoms in total. The fraction of sp³-hybridized carbons (Fsp3) is 0.238. The van der Waals surface area contributed by atoms with Crippen molar-refractivity contribution in [3.8, 4) is 6.07 Å². The Morgan fingerprint density at radius 3 is 2.46 bits per heavy atom. The van der Waals surface area contributed by atoms with Gasteiger partial charge in [-0.1, -0.05) is 72.4 Å². The van der Waals surface area contributed by atoms with E-state index in [1.54, 1.807) is 16.7 Å². The van der Waals surface area contributed by atoms with Crippen LogP contribution in [0.25, 0.3) is 0 Å². The number of hydrogen-bond donors (Lipinski definition) is 0. The summed E-state index contributed by atoms with van der Waals surface area (Å²) in [5, 5.41) is 10.6. The maximum Gasteiger partial charge on any atom is 0.229 e. The molecule has 1 fully saturated rings. The van der Waals surface area contributed by atoms with E-state index in [1.807, 2.05) is 48.5 Å². The summed E-state index contributed by atoms with van der Waals surface area (Å²) in [6, 6.07) is 22.5. The molecule has 5 heteroatoms. The molecular weight excluding hydrogens is 342 g/mol. The Morgan fingerprint density at radius 1 is 1.08 bits per heavy atom. The van der Waals surface area contributed by atoms with Crippen molar-refractivity contribution in [1.29, 1.82) is 5.26 Å². The molecule has 0 aromatic heterocycles. The molecular formula is C21H19N3OS. The molecule has 0 aliphatic carbocycles. The average molecular weight is 361 g/mol. The summed E-state index contributed by atoms with van der Waals surface area (Å²) in [7, 11) is 0. The normalized spacial score (nSPS) is 20.7. The predicted octanol–water partition coefficient (Wildman–Crippen LogP) is 3.90. The van der Waals surface area contributed by atoms with Crippen LogP contribution in [0, 0.1) is 11.3 Å². The predicted molar refractivity (Wildman–Crippen MR) is 103 cm³/mol. The smallest absolute Gasteiger partial charge is 0.229 e. The van der Waals surface area contributed by atoms with Gasteiger partial charge in [0.2, 0.25) is 5.91 Å². The van der Waals surface area contributed by atoms with Crippen molar-refractivity contribution in [2.24, 2.45) is 0 Å². The first-order valence-corrected chi connectivity index (χ1v) is 9.63. The number of fused-ring (bicyclic) bond motifs is 1. The van der Waals surface area contributed by atoms with E-state index in [4.69, 9.17) is 0 Å². The second-order valence-electron chi connectivity index (χ2n) is 6.55. The Morgan fingerprint density at radius 2 is 1.77 bits per heavy atom. The molecule has 4 rings (SSSR count). The van der Waals surface area contributed by atoms with E-state index in [2.05, 4.69) is 23.1 Å². The van der Waals surface area contributed by atoms with Crippen LogP contribution in [-0.4, -0.2) is 28.3 Å². The molecule has 26 heavy (non-hydrogen) atoms. The maximum atomic E-state index is 12.8. The molecule has 1 saturated heterocycles. The van der Waals surface area contributed by atoms with Gasteiger partial charge in [0.05, 0.1) is 29.2 Å². The zero-order chi connectivity index (χ0) is 17.9. The number of amides is 1. The number of nitriles is 1. The third-order valence-electron chi connectivity index (χ3n) is 4.80. The lowest BCUT2D eigenvalue weighted by molar-refractivity contribution is -0.131. The molecule has 0 bridgehead atoms. The molecule has 0 unspecified atom stereocenters. The molecule has 0 spiro atoms. The Kier molecular flexibility index (Phi) is 4.79. The molecule has 0 saturated carbocycles. The van der Waals surface area contributed by atoms with Gasteiger partial charge in [0, 0.05) is 18.9 Å². The fourth-order valence-electron chi connectivity index (χ4n) is 3.52. The molecule has 2 aromatic rings. The highest BCUT2D eigenvalue weighted by Gasteiger charge is 2.38. The van der Waals surface area contributed by atoms with Crippen LogP contribution < -0.4 is 0 Å². The van der Waals surface area contributed by atoms with E-state index in [0.29, 0.717) is 13.1 Å². The highest BCUT2D eigenvalue weighted by atomic mass is 32.2. The van der Waals surface area contributed by atoms with Gasteiger partial charge in [-0.15, -0.1) is 0 Å². The van der Waals surface area contributed by atoms with Crippen LogP contribution >= 0.6 is 11.8 Å². The lowest BCUT2D eigenvalue weighted by Gasteiger charge is -2.41. The Labute approximate surface area is 157 Å². The maximum absolute atomic E-state index is 12.8. The Bertz CT molecular complexity index is 873. The topological polar surface area (TPSA) is 47.3 Å². The third-order valence-corrected chi connectivity index (χ3v) is 6.01. The largest absolute Gasteiger partial charge is 0.292 e. The molecule has 2 aliphatic rings. The first-order chi connectivity index (χ1) is 12.8. The second-order valence-corrected chi connectivity index (χ2v) is 7.48. The number of carbonyl (C=O) groups excluding carboxylic acids is 1. The van der Waals surface area contributed by atoms with E-state index in [9.17, 15) is 10.1 Å². The molecule has 2 aromatic carbocycles. The van der Waals surface area contributed by atoms with Gasteiger partial charge in [-0.3, -0.25) is 14.6 Å². The van der Waals surface area contributed by atoms with E-state index >= 15 is 0 Å². The summed E-state index contributed by atoms with van der Waals surface area (Å²) in [5.74, 6) is 0.743. The first-order valence-electron chi connectivity index (χ1n) is 8.65. The molecule has 130 valence electrons. The average Bonchev–Trinajstić information content (AvgIpc) is 2.69. The van der Waals surface area contributed by atoms with Gasteiger partial charge < -0.3 is 0 Å². The van der Waals surface area contributed by atoms with E-state index in [1.165, 1.54) is 5.56 Å². The van der Waals surface area contributed by atoms with Gasteiger partial charge >= 0.3 is 0 Å². The standard InChI is InChI=1S/C21H19N3OS/c22-12-19-18(17-9-5-2-6-10-17)11-20(25)24-14-23(15-26-21(19)24)13-16-7-3-1-4-8-16/h1-10,18H,11,13-15H2/t18-/m1/s1. The second kappa shape index (κ2) is 7.36. The fourth-order valence-corrected chi connectivity index (χ4v) is 4.66. The van der Waals surface area contributed by atoms with Gasteiger partial charge in [-0.2, -0.15) is 5.26 Å². The minimum atomic E-state index is -0.131. The molecule has 2 aliphatic heterocycles. The van der Waals surface area contributed by atoms with Crippen LogP contribution in [0.4, 0.5) is 0 Å². The molecule has 0 radical (unpaired) electrons. The lowest BCUT2D eigenvalue weighted by Crippen LogP contribution is -2.46. The highest BCUT2D eigenvalue weighted by Crippen LogP contribution is 2.42. The number of benzene rings is 2. The van der Waals surface area contributed by atoms with Gasteiger partial charge in [0.15, 0.2) is 0 Å². The van der Waals surface area contributed by atoms with Crippen molar-refractivity contribution in [3.05, 3.63) is 82.4 Å². The molecule has 1 atom stereocenters. The van der Waals surface area contributed by atoms with Crippen LogP contribution in [0.1, 0.15) is 23.5 Å². The zero-order valence-corrected chi connectivity index (χ0v) is 15.2. The van der Waals surface area contributed by atoms with Crippen LogP contribution in [0.2, 0.25) is 0 Å². The first kappa shape index (κ1) is 16.9. The molecule has 1 amide bonds. The van der Waals surface area contributed by atoms with E-state index in [-0.39, 0.29) is 11.8 Å². The van der Waals surface area contributed by atoms with Crippen molar-refractivity contribution in [2.75, 3.05) is 12.5 Å². The van der Waals surface area contributed by atoms with Gasteiger partial charge in [0.25, 0.3) is 0 Å². The van der Waals surface area contributed by atoms with Crippen molar-refractivity contribution in [2.45, 2.75) is 18.9 Å².